The molecule has 0 bridgehead atoms. The minimum atomic E-state index is -1.10. The molecule has 0 saturated heterocycles. The summed E-state index contributed by atoms with van der Waals surface area (Å²) in [7, 11) is 0. The average Bonchev–Trinajstić information content (AvgIpc) is 2.27. The molecule has 1 heterocycles. The first-order valence-corrected chi connectivity index (χ1v) is 4.72. The highest BCUT2D eigenvalue weighted by Crippen LogP contribution is 2.01. The smallest absolute Gasteiger partial charge is 0.407 e. The molecule has 1 aromatic heterocycles. The van der Waals surface area contributed by atoms with Crippen LogP contribution in [0.1, 0.15) is 23.0 Å². The fraction of sp³-hybridized carbons (Fsp3) is 0.300. The van der Waals surface area contributed by atoms with Crippen LogP contribution in [-0.4, -0.2) is 28.8 Å². The number of pyridine rings is 1. The highest BCUT2D eigenvalue weighted by molar-refractivity contribution is 5.85. The zero-order valence-corrected chi connectivity index (χ0v) is 8.77. The van der Waals surface area contributed by atoms with Crippen molar-refractivity contribution in [1.29, 1.82) is 0 Å². The predicted octanol–water partition coefficient (Wildman–Crippen LogP) is 1.03. The van der Waals surface area contributed by atoms with Crippen molar-refractivity contribution in [3.8, 4) is 0 Å². The quantitative estimate of drug-likeness (QED) is 0.797. The summed E-state index contributed by atoms with van der Waals surface area (Å²) in [5, 5.41) is 11.2. The molecule has 0 unspecified atom stereocenters. The van der Waals surface area contributed by atoms with Crippen LogP contribution in [0.4, 0.5) is 4.79 Å². The zero-order chi connectivity index (χ0) is 12.0. The van der Waals surface area contributed by atoms with Gasteiger partial charge >= 0.3 is 12.1 Å². The summed E-state index contributed by atoms with van der Waals surface area (Å²) >= 11 is 0. The van der Waals surface area contributed by atoms with Gasteiger partial charge in [-0.1, -0.05) is 0 Å². The van der Waals surface area contributed by atoms with Crippen molar-refractivity contribution in [2.45, 2.75) is 13.5 Å². The molecule has 1 rings (SSSR count). The van der Waals surface area contributed by atoms with Gasteiger partial charge in [0.2, 0.25) is 0 Å². The average molecular weight is 224 g/mol. The summed E-state index contributed by atoms with van der Waals surface area (Å²) in [6.45, 7) is 2.21. The number of rotatable bonds is 4. The number of aromatic carboxylic acids is 1. The first-order chi connectivity index (χ1) is 7.63. The number of carboxylic acid groups (broad SMARTS) is 1. The van der Waals surface area contributed by atoms with Gasteiger partial charge in [-0.3, -0.25) is 0 Å². The predicted molar refractivity (Wildman–Crippen MR) is 55.1 cm³/mol. The Bertz CT molecular complexity index is 392. The third kappa shape index (κ3) is 3.56. The molecular formula is C10H12N2O4. The third-order valence-electron chi connectivity index (χ3n) is 1.76. The second-order valence-corrected chi connectivity index (χ2v) is 2.93. The van der Waals surface area contributed by atoms with Crippen LogP contribution in [0.25, 0.3) is 0 Å². The van der Waals surface area contributed by atoms with E-state index in [-0.39, 0.29) is 12.2 Å². The lowest BCUT2D eigenvalue weighted by atomic mass is 10.2. The van der Waals surface area contributed by atoms with Crippen LogP contribution in [-0.2, 0) is 11.3 Å². The standard InChI is InChI=1S/C10H12N2O4/c1-2-16-10(15)12-6-7-3-4-11-8(5-7)9(13)14/h3-5H,2,6H2,1H3,(H,12,15)(H,13,14). The first-order valence-electron chi connectivity index (χ1n) is 4.72. The third-order valence-corrected chi connectivity index (χ3v) is 1.76. The summed E-state index contributed by atoms with van der Waals surface area (Å²) in [5.41, 5.74) is 0.601. The Morgan fingerprint density at radius 2 is 2.31 bits per heavy atom. The first kappa shape index (κ1) is 12.0. The fourth-order valence-corrected chi connectivity index (χ4v) is 1.06. The normalized spacial score (nSPS) is 9.56. The Hall–Kier alpha value is -2.11. The van der Waals surface area contributed by atoms with Crippen molar-refractivity contribution in [3.63, 3.8) is 0 Å². The van der Waals surface area contributed by atoms with Crippen molar-refractivity contribution in [1.82, 2.24) is 10.3 Å². The largest absolute Gasteiger partial charge is 0.477 e. The molecule has 16 heavy (non-hydrogen) atoms. The summed E-state index contributed by atoms with van der Waals surface area (Å²) in [6, 6.07) is 3.02. The Morgan fingerprint density at radius 1 is 1.56 bits per heavy atom. The van der Waals surface area contributed by atoms with Crippen molar-refractivity contribution in [3.05, 3.63) is 29.6 Å². The van der Waals surface area contributed by atoms with Gasteiger partial charge in [0.25, 0.3) is 0 Å². The maximum Gasteiger partial charge on any atom is 0.407 e. The number of hydrogen-bond acceptors (Lipinski definition) is 4. The summed E-state index contributed by atoms with van der Waals surface area (Å²) in [4.78, 5) is 25.2. The number of alkyl carbamates (subject to hydrolysis) is 1. The van der Waals surface area contributed by atoms with Crippen LogP contribution in [0.2, 0.25) is 0 Å². The maximum absolute atomic E-state index is 11.0. The maximum atomic E-state index is 11.0. The Kier molecular flexibility index (Phi) is 4.26. The van der Waals surface area contributed by atoms with Gasteiger partial charge in [-0.05, 0) is 24.6 Å². The Balaban J connectivity index is 2.57. The monoisotopic (exact) mass is 224 g/mol. The van der Waals surface area contributed by atoms with E-state index in [1.54, 1.807) is 13.0 Å². The molecule has 1 aromatic rings. The van der Waals surface area contributed by atoms with E-state index in [2.05, 4.69) is 15.0 Å². The van der Waals surface area contributed by atoms with Gasteiger partial charge in [0.1, 0.15) is 5.69 Å². The number of hydrogen-bond donors (Lipinski definition) is 2. The van der Waals surface area contributed by atoms with Crippen molar-refractivity contribution < 1.29 is 19.4 Å². The molecular weight excluding hydrogens is 212 g/mol. The van der Waals surface area contributed by atoms with E-state index in [9.17, 15) is 9.59 Å². The van der Waals surface area contributed by atoms with Gasteiger partial charge in [-0.25, -0.2) is 14.6 Å². The molecule has 0 fully saturated rings. The van der Waals surface area contributed by atoms with E-state index in [1.807, 2.05) is 0 Å². The number of nitrogens with zero attached hydrogens (tertiary/aromatic N) is 1. The summed E-state index contributed by atoms with van der Waals surface area (Å²) in [5.74, 6) is -1.10. The lowest BCUT2D eigenvalue weighted by Gasteiger charge is -2.05. The van der Waals surface area contributed by atoms with Crippen molar-refractivity contribution in [2.75, 3.05) is 6.61 Å². The van der Waals surface area contributed by atoms with Crippen molar-refractivity contribution in [2.24, 2.45) is 0 Å². The van der Waals surface area contributed by atoms with E-state index in [0.29, 0.717) is 12.2 Å². The summed E-state index contributed by atoms with van der Waals surface area (Å²) in [6.07, 6.45) is 0.849. The Labute approximate surface area is 92.3 Å². The van der Waals surface area contributed by atoms with E-state index in [0.717, 1.165) is 0 Å². The van der Waals surface area contributed by atoms with Gasteiger partial charge in [0, 0.05) is 12.7 Å². The van der Waals surface area contributed by atoms with Gasteiger partial charge in [0.15, 0.2) is 0 Å². The van der Waals surface area contributed by atoms with Crippen LogP contribution in [0.15, 0.2) is 18.3 Å². The van der Waals surface area contributed by atoms with Crippen LogP contribution in [0.5, 0.6) is 0 Å². The van der Waals surface area contributed by atoms with Gasteiger partial charge in [0.05, 0.1) is 6.61 Å². The Morgan fingerprint density at radius 3 is 2.94 bits per heavy atom. The van der Waals surface area contributed by atoms with Gasteiger partial charge < -0.3 is 15.2 Å². The molecule has 0 spiro atoms. The molecule has 1 amide bonds. The molecule has 6 nitrogen and oxygen atoms in total. The molecule has 2 N–H and O–H groups in total. The highest BCUT2D eigenvalue weighted by Gasteiger charge is 2.06. The van der Waals surface area contributed by atoms with E-state index in [4.69, 9.17) is 5.11 Å². The number of nitrogens with one attached hydrogen (secondary N) is 1. The van der Waals surface area contributed by atoms with E-state index >= 15 is 0 Å². The number of aromatic nitrogens is 1. The molecule has 6 heteroatoms. The fourth-order valence-electron chi connectivity index (χ4n) is 1.06. The lowest BCUT2D eigenvalue weighted by Crippen LogP contribution is -2.23. The van der Waals surface area contributed by atoms with Gasteiger partial charge in [-0.15, -0.1) is 0 Å². The number of carbonyl (C=O) groups is 2. The van der Waals surface area contributed by atoms with Gasteiger partial charge in [-0.2, -0.15) is 0 Å². The SMILES string of the molecule is CCOC(=O)NCc1ccnc(C(=O)O)c1. The minimum Gasteiger partial charge on any atom is -0.477 e. The van der Waals surface area contributed by atoms with Crippen LogP contribution in [0, 0.1) is 0 Å². The molecule has 0 radical (unpaired) electrons. The number of carbonyl (C=O) groups excluding carboxylic acids is 1. The zero-order valence-electron chi connectivity index (χ0n) is 8.77. The second-order valence-electron chi connectivity index (χ2n) is 2.93. The molecule has 0 aliphatic rings. The molecule has 0 atom stereocenters. The van der Waals surface area contributed by atoms with E-state index in [1.165, 1.54) is 12.3 Å². The molecule has 0 aliphatic heterocycles. The second kappa shape index (κ2) is 5.69. The van der Waals surface area contributed by atoms with E-state index < -0.39 is 12.1 Å². The van der Waals surface area contributed by atoms with Crippen LogP contribution >= 0.6 is 0 Å². The number of amides is 1. The highest BCUT2D eigenvalue weighted by atomic mass is 16.5. The lowest BCUT2D eigenvalue weighted by molar-refractivity contribution is 0.0690. The molecule has 86 valence electrons. The number of carboxylic acids is 1. The molecule has 0 saturated carbocycles. The van der Waals surface area contributed by atoms with Crippen LogP contribution in [0.3, 0.4) is 0 Å². The van der Waals surface area contributed by atoms with Crippen molar-refractivity contribution >= 4 is 12.1 Å². The van der Waals surface area contributed by atoms with Crippen LogP contribution < -0.4 is 5.32 Å². The summed E-state index contributed by atoms with van der Waals surface area (Å²) < 4.78 is 4.66. The molecule has 0 aromatic carbocycles. The topological polar surface area (TPSA) is 88.5 Å². The molecule has 0 aliphatic carbocycles. The minimum absolute atomic E-state index is 0.0526. The number of ether oxygens (including phenoxy) is 1.